The lowest BCUT2D eigenvalue weighted by Gasteiger charge is -2.21. The standard InChI is InChI=1S/C20H20FN5O3S/c1-12(13-6-14(21)8-22-7-13)23-19-24-15-2-5-30-17(15)16(25-19)18(29)26-4-3-20(9-26,10-27)11-28/h2,5-8,10,12,28H,3-4,9,11H2,1H3,(H,23,24,25). The van der Waals surface area contributed by atoms with Gasteiger partial charge in [-0.05, 0) is 36.4 Å². The van der Waals surface area contributed by atoms with E-state index in [1.807, 2.05) is 12.3 Å². The van der Waals surface area contributed by atoms with Gasteiger partial charge in [0.05, 0.1) is 34.5 Å². The molecule has 4 rings (SSSR count). The number of aliphatic hydroxyl groups is 1. The molecule has 1 saturated heterocycles. The Labute approximate surface area is 175 Å². The molecule has 3 aromatic rings. The number of fused-ring (bicyclic) bond motifs is 1. The largest absolute Gasteiger partial charge is 0.395 e. The number of pyridine rings is 1. The number of likely N-dealkylation sites (tertiary alicyclic amines) is 1. The number of nitrogens with one attached hydrogen (secondary N) is 1. The molecule has 2 N–H and O–H groups in total. The summed E-state index contributed by atoms with van der Waals surface area (Å²) in [5.74, 6) is -0.517. The van der Waals surface area contributed by atoms with E-state index < -0.39 is 11.2 Å². The topological polar surface area (TPSA) is 108 Å². The Bertz CT molecular complexity index is 1110. The molecule has 1 aliphatic heterocycles. The summed E-state index contributed by atoms with van der Waals surface area (Å²) in [6, 6.07) is 2.83. The second-order valence-electron chi connectivity index (χ2n) is 7.45. The van der Waals surface area contributed by atoms with Gasteiger partial charge in [0.25, 0.3) is 5.91 Å². The number of rotatable bonds is 6. The van der Waals surface area contributed by atoms with Crippen LogP contribution in [0.3, 0.4) is 0 Å². The van der Waals surface area contributed by atoms with Crippen LogP contribution in [-0.2, 0) is 4.79 Å². The van der Waals surface area contributed by atoms with Crippen LogP contribution in [0.15, 0.2) is 29.9 Å². The lowest BCUT2D eigenvalue weighted by molar-refractivity contribution is -0.117. The van der Waals surface area contributed by atoms with Crippen LogP contribution in [0.5, 0.6) is 0 Å². The maximum atomic E-state index is 13.5. The molecule has 1 fully saturated rings. The highest BCUT2D eigenvalue weighted by Gasteiger charge is 2.40. The molecule has 1 amide bonds. The number of hydrogen-bond acceptors (Lipinski definition) is 8. The van der Waals surface area contributed by atoms with Crippen molar-refractivity contribution < 1.29 is 19.1 Å². The van der Waals surface area contributed by atoms with Crippen LogP contribution < -0.4 is 5.32 Å². The number of amides is 1. The molecule has 0 radical (unpaired) electrons. The van der Waals surface area contributed by atoms with Crippen LogP contribution in [0.1, 0.15) is 35.4 Å². The Morgan fingerprint density at radius 3 is 3.00 bits per heavy atom. The zero-order valence-electron chi connectivity index (χ0n) is 16.2. The predicted octanol–water partition coefficient (Wildman–Crippen LogP) is 2.42. The molecule has 2 atom stereocenters. The summed E-state index contributed by atoms with van der Waals surface area (Å²) in [6.45, 7) is 2.03. The maximum Gasteiger partial charge on any atom is 0.274 e. The summed E-state index contributed by atoms with van der Waals surface area (Å²) in [4.78, 5) is 38.9. The molecule has 8 nitrogen and oxygen atoms in total. The fourth-order valence-corrected chi connectivity index (χ4v) is 4.31. The molecule has 0 saturated carbocycles. The number of anilines is 1. The van der Waals surface area contributed by atoms with E-state index in [9.17, 15) is 19.1 Å². The van der Waals surface area contributed by atoms with Gasteiger partial charge < -0.3 is 20.1 Å². The predicted molar refractivity (Wildman–Crippen MR) is 110 cm³/mol. The molecule has 1 aliphatic rings. The van der Waals surface area contributed by atoms with E-state index >= 15 is 0 Å². The molecule has 10 heteroatoms. The number of aldehydes is 1. The van der Waals surface area contributed by atoms with Gasteiger partial charge in [0.15, 0.2) is 5.69 Å². The van der Waals surface area contributed by atoms with Gasteiger partial charge in [0.2, 0.25) is 5.95 Å². The first-order valence-corrected chi connectivity index (χ1v) is 10.3. The number of carbonyl (C=O) groups excluding carboxylic acids is 2. The molecular weight excluding hydrogens is 409 g/mol. The summed E-state index contributed by atoms with van der Waals surface area (Å²) in [5, 5.41) is 14.5. The highest BCUT2D eigenvalue weighted by Crippen LogP contribution is 2.31. The molecule has 0 aromatic carbocycles. The van der Waals surface area contributed by atoms with Crippen LogP contribution in [0, 0.1) is 11.2 Å². The van der Waals surface area contributed by atoms with Crippen molar-refractivity contribution >= 4 is 39.7 Å². The highest BCUT2D eigenvalue weighted by molar-refractivity contribution is 7.17. The molecule has 4 heterocycles. The minimum absolute atomic E-state index is 0.150. The van der Waals surface area contributed by atoms with E-state index in [1.165, 1.54) is 22.3 Å². The Morgan fingerprint density at radius 2 is 2.30 bits per heavy atom. The second-order valence-corrected chi connectivity index (χ2v) is 8.36. The van der Waals surface area contributed by atoms with E-state index in [4.69, 9.17) is 0 Å². The van der Waals surface area contributed by atoms with E-state index in [1.54, 1.807) is 12.3 Å². The van der Waals surface area contributed by atoms with Gasteiger partial charge >= 0.3 is 0 Å². The van der Waals surface area contributed by atoms with Crippen LogP contribution in [0.25, 0.3) is 10.2 Å². The van der Waals surface area contributed by atoms with E-state index in [0.29, 0.717) is 28.7 Å². The molecule has 0 bridgehead atoms. The number of nitrogens with zero attached hydrogens (tertiary/aromatic N) is 4. The fraction of sp³-hybridized carbons (Fsp3) is 0.350. The Balaban J connectivity index is 1.63. The minimum atomic E-state index is -0.919. The zero-order valence-corrected chi connectivity index (χ0v) is 17.0. The first kappa shape index (κ1) is 20.3. The van der Waals surface area contributed by atoms with E-state index in [-0.39, 0.29) is 36.7 Å². The van der Waals surface area contributed by atoms with Crippen molar-refractivity contribution in [2.45, 2.75) is 19.4 Å². The number of hydrogen-bond donors (Lipinski definition) is 2. The first-order chi connectivity index (χ1) is 14.4. The molecular formula is C20H20FN5O3S. The van der Waals surface area contributed by atoms with Gasteiger partial charge in [-0.1, -0.05) is 0 Å². The lowest BCUT2D eigenvalue weighted by Crippen LogP contribution is -2.35. The van der Waals surface area contributed by atoms with Crippen LogP contribution >= 0.6 is 11.3 Å². The van der Waals surface area contributed by atoms with Crippen molar-refractivity contribution in [3.8, 4) is 0 Å². The van der Waals surface area contributed by atoms with E-state index in [2.05, 4.69) is 20.3 Å². The Kier molecular flexibility index (Phi) is 5.44. The summed E-state index contributed by atoms with van der Waals surface area (Å²) < 4.78 is 14.1. The summed E-state index contributed by atoms with van der Waals surface area (Å²) in [6.07, 6.45) is 3.81. The normalized spacial score (nSPS) is 19.8. The number of halogens is 1. The van der Waals surface area contributed by atoms with Crippen LogP contribution in [0.2, 0.25) is 0 Å². The molecule has 3 aromatic heterocycles. The Morgan fingerprint density at radius 1 is 1.47 bits per heavy atom. The molecule has 0 spiro atoms. The van der Waals surface area contributed by atoms with Crippen molar-refractivity contribution in [3.05, 3.63) is 47.0 Å². The number of carbonyl (C=O) groups is 2. The molecule has 2 unspecified atom stereocenters. The Hall–Kier alpha value is -2.98. The highest BCUT2D eigenvalue weighted by atomic mass is 32.1. The quantitative estimate of drug-likeness (QED) is 0.579. The summed E-state index contributed by atoms with van der Waals surface area (Å²) in [7, 11) is 0. The van der Waals surface area contributed by atoms with Gasteiger partial charge in [0, 0.05) is 19.3 Å². The minimum Gasteiger partial charge on any atom is -0.395 e. The zero-order chi connectivity index (χ0) is 21.3. The van der Waals surface area contributed by atoms with Crippen LogP contribution in [-0.4, -0.2) is 56.8 Å². The third-order valence-corrected chi connectivity index (χ3v) is 6.23. The van der Waals surface area contributed by atoms with Crippen molar-refractivity contribution in [3.63, 3.8) is 0 Å². The average Bonchev–Trinajstić information content (AvgIpc) is 3.40. The van der Waals surface area contributed by atoms with E-state index in [0.717, 1.165) is 12.5 Å². The molecule has 156 valence electrons. The number of aliphatic hydroxyl groups excluding tert-OH is 1. The van der Waals surface area contributed by atoms with Crippen LogP contribution in [0.4, 0.5) is 10.3 Å². The SMILES string of the molecule is CC(Nc1nc(C(=O)N2CCC(C=O)(CO)C2)c2sccc2n1)c1cncc(F)c1. The first-order valence-electron chi connectivity index (χ1n) is 9.43. The average molecular weight is 429 g/mol. The third kappa shape index (κ3) is 3.75. The smallest absolute Gasteiger partial charge is 0.274 e. The second kappa shape index (κ2) is 8.04. The number of thiophene rings is 1. The van der Waals surface area contributed by atoms with Crippen molar-refractivity contribution in [1.82, 2.24) is 19.9 Å². The van der Waals surface area contributed by atoms with Gasteiger partial charge in [-0.2, -0.15) is 0 Å². The van der Waals surface area contributed by atoms with Gasteiger partial charge in [-0.3, -0.25) is 9.78 Å². The third-order valence-electron chi connectivity index (χ3n) is 5.32. The van der Waals surface area contributed by atoms with Gasteiger partial charge in [-0.15, -0.1) is 11.3 Å². The van der Waals surface area contributed by atoms with Gasteiger partial charge in [-0.25, -0.2) is 14.4 Å². The number of aromatic nitrogens is 3. The maximum absolute atomic E-state index is 13.5. The van der Waals surface area contributed by atoms with Crippen molar-refractivity contribution in [2.24, 2.45) is 5.41 Å². The lowest BCUT2D eigenvalue weighted by atomic mass is 9.90. The molecule has 0 aliphatic carbocycles. The van der Waals surface area contributed by atoms with Gasteiger partial charge in [0.1, 0.15) is 12.1 Å². The van der Waals surface area contributed by atoms with Crippen molar-refractivity contribution in [2.75, 3.05) is 25.0 Å². The van der Waals surface area contributed by atoms with Crippen molar-refractivity contribution in [1.29, 1.82) is 0 Å². The summed E-state index contributed by atoms with van der Waals surface area (Å²) in [5.41, 5.74) is 0.558. The molecule has 30 heavy (non-hydrogen) atoms. The summed E-state index contributed by atoms with van der Waals surface area (Å²) >= 11 is 1.36. The monoisotopic (exact) mass is 429 g/mol. The fourth-order valence-electron chi connectivity index (χ4n) is 3.50.